The van der Waals surface area contributed by atoms with E-state index in [2.05, 4.69) is 15.9 Å². The van der Waals surface area contributed by atoms with Crippen LogP contribution in [-0.4, -0.2) is 33.6 Å². The van der Waals surface area contributed by atoms with E-state index in [1.165, 1.54) is 18.2 Å². The Balaban J connectivity index is 2.24. The monoisotopic (exact) mass is 374 g/mol. The average Bonchev–Trinajstić information content (AvgIpc) is 2.39. The number of halogens is 2. The Kier molecular flexibility index (Phi) is 5.58. The number of benzene rings is 1. The fourth-order valence-electron chi connectivity index (χ4n) is 2.35. The van der Waals surface area contributed by atoms with Crippen molar-refractivity contribution >= 4 is 39.1 Å². The van der Waals surface area contributed by atoms with Gasteiger partial charge in [-0.1, -0.05) is 27.5 Å². The second-order valence-electron chi connectivity index (χ2n) is 5.08. The molecule has 0 atom stereocenters. The van der Waals surface area contributed by atoms with Crippen LogP contribution in [0, 0.1) is 10.1 Å². The molecule has 0 radical (unpaired) electrons. The van der Waals surface area contributed by atoms with Gasteiger partial charge in [0, 0.05) is 40.6 Å². The molecule has 5 nitrogen and oxygen atoms in total. The molecule has 114 valence electrons. The zero-order valence-electron chi connectivity index (χ0n) is 11.4. The Bertz CT molecular complexity index is 549. The van der Waals surface area contributed by atoms with Gasteiger partial charge in [0.05, 0.1) is 4.92 Å². The molecule has 0 spiro atoms. The van der Waals surface area contributed by atoms with E-state index >= 15 is 0 Å². The summed E-state index contributed by atoms with van der Waals surface area (Å²) in [6, 6.07) is 4.30. The fourth-order valence-corrected chi connectivity index (χ4v) is 2.83. The number of nitro benzene ring substituents is 1. The normalized spacial score (nSPS) is 14.6. The number of alkyl halides is 1. The highest BCUT2D eigenvalue weighted by Gasteiger charge is 2.29. The predicted octanol–water partition coefficient (Wildman–Crippen LogP) is 4.03. The number of rotatable bonds is 6. The lowest BCUT2D eigenvalue weighted by Gasteiger charge is -2.37. The number of hydrogen-bond acceptors (Lipinski definition) is 3. The molecule has 0 unspecified atom stereocenters. The van der Waals surface area contributed by atoms with E-state index < -0.39 is 4.92 Å². The van der Waals surface area contributed by atoms with Crippen LogP contribution in [0.5, 0.6) is 0 Å². The Morgan fingerprint density at radius 1 is 1.43 bits per heavy atom. The van der Waals surface area contributed by atoms with Gasteiger partial charge in [-0.15, -0.1) is 0 Å². The van der Waals surface area contributed by atoms with Crippen LogP contribution in [0.1, 0.15) is 36.0 Å². The second kappa shape index (κ2) is 7.22. The molecule has 1 aliphatic rings. The van der Waals surface area contributed by atoms with Gasteiger partial charge in [0.1, 0.15) is 0 Å². The maximum Gasteiger partial charge on any atom is 0.271 e. The molecule has 0 N–H and O–H groups in total. The molecule has 7 heteroatoms. The Morgan fingerprint density at radius 2 is 2.14 bits per heavy atom. The van der Waals surface area contributed by atoms with Gasteiger partial charge < -0.3 is 4.90 Å². The van der Waals surface area contributed by atoms with Crippen molar-refractivity contribution in [2.75, 3.05) is 11.9 Å². The lowest BCUT2D eigenvalue weighted by Crippen LogP contribution is -2.44. The van der Waals surface area contributed by atoms with E-state index in [1.54, 1.807) is 0 Å². The topological polar surface area (TPSA) is 63.4 Å². The molecule has 1 amide bonds. The summed E-state index contributed by atoms with van der Waals surface area (Å²) in [6.07, 6.45) is 3.97. The van der Waals surface area contributed by atoms with Gasteiger partial charge in [-0.3, -0.25) is 14.9 Å². The highest BCUT2D eigenvalue weighted by atomic mass is 79.9. The minimum atomic E-state index is -0.533. The zero-order valence-corrected chi connectivity index (χ0v) is 13.8. The summed E-state index contributed by atoms with van der Waals surface area (Å²) in [4.78, 5) is 24.8. The summed E-state index contributed by atoms with van der Waals surface area (Å²) < 4.78 is 0. The highest BCUT2D eigenvalue weighted by molar-refractivity contribution is 9.09. The number of carbonyl (C=O) groups excluding carboxylic acids is 1. The average molecular weight is 376 g/mol. The van der Waals surface area contributed by atoms with Crippen LogP contribution in [0.15, 0.2) is 18.2 Å². The Labute approximate surface area is 136 Å². The zero-order chi connectivity index (χ0) is 15.4. The second-order valence-corrected chi connectivity index (χ2v) is 6.31. The van der Waals surface area contributed by atoms with Gasteiger partial charge in [-0.2, -0.15) is 0 Å². The van der Waals surface area contributed by atoms with Gasteiger partial charge in [0.2, 0.25) is 0 Å². The molecule has 2 rings (SSSR count). The summed E-state index contributed by atoms with van der Waals surface area (Å²) in [5.74, 6) is -0.175. The van der Waals surface area contributed by atoms with Crippen LogP contribution >= 0.6 is 27.5 Å². The molecule has 0 bridgehead atoms. The van der Waals surface area contributed by atoms with Crippen molar-refractivity contribution in [3.8, 4) is 0 Å². The van der Waals surface area contributed by atoms with Crippen LogP contribution in [0.25, 0.3) is 0 Å². The van der Waals surface area contributed by atoms with Gasteiger partial charge in [-0.25, -0.2) is 0 Å². The fraction of sp³-hybridized carbons (Fsp3) is 0.500. The van der Waals surface area contributed by atoms with Crippen LogP contribution in [0.3, 0.4) is 0 Å². The summed E-state index contributed by atoms with van der Waals surface area (Å²) in [6.45, 7) is 0.648. The number of amides is 1. The van der Waals surface area contributed by atoms with Crippen molar-refractivity contribution in [2.45, 2.75) is 31.7 Å². The summed E-state index contributed by atoms with van der Waals surface area (Å²) >= 11 is 9.26. The summed E-state index contributed by atoms with van der Waals surface area (Å²) in [7, 11) is 0. The number of hydrogen-bond donors (Lipinski definition) is 0. The molecular formula is C14H16BrClN2O3. The lowest BCUT2D eigenvalue weighted by atomic mass is 9.90. The van der Waals surface area contributed by atoms with Crippen molar-refractivity contribution in [3.63, 3.8) is 0 Å². The van der Waals surface area contributed by atoms with Crippen molar-refractivity contribution in [3.05, 3.63) is 38.9 Å². The van der Waals surface area contributed by atoms with Crippen LogP contribution in [-0.2, 0) is 0 Å². The first kappa shape index (κ1) is 16.2. The minimum absolute atomic E-state index is 0.153. The number of nitrogens with zero attached hydrogens (tertiary/aromatic N) is 2. The van der Waals surface area contributed by atoms with E-state index in [0.717, 1.165) is 31.0 Å². The van der Waals surface area contributed by atoms with Crippen LogP contribution in [0.4, 0.5) is 5.69 Å². The number of carbonyl (C=O) groups is 1. The molecular weight excluding hydrogens is 360 g/mol. The van der Waals surface area contributed by atoms with Gasteiger partial charge in [0.25, 0.3) is 11.6 Å². The molecule has 1 aromatic carbocycles. The summed E-state index contributed by atoms with van der Waals surface area (Å²) in [5, 5.41) is 11.9. The molecule has 1 saturated carbocycles. The quantitative estimate of drug-likeness (QED) is 0.428. The first-order valence-electron chi connectivity index (χ1n) is 6.85. The molecule has 1 fully saturated rings. The maximum absolute atomic E-state index is 12.6. The van der Waals surface area contributed by atoms with E-state index in [1.807, 2.05) is 4.90 Å². The van der Waals surface area contributed by atoms with Gasteiger partial charge in [-0.05, 0) is 31.7 Å². The Hall–Kier alpha value is -1.14. The Morgan fingerprint density at radius 3 is 2.67 bits per heavy atom. The largest absolute Gasteiger partial charge is 0.336 e. The molecule has 0 aromatic heterocycles. The van der Waals surface area contributed by atoms with Gasteiger partial charge >= 0.3 is 0 Å². The third-order valence-corrected chi connectivity index (χ3v) is 4.43. The molecule has 1 aromatic rings. The van der Waals surface area contributed by atoms with Crippen LogP contribution in [0.2, 0.25) is 5.02 Å². The number of nitro groups is 1. The smallest absolute Gasteiger partial charge is 0.271 e. The third-order valence-electron chi connectivity index (χ3n) is 3.65. The lowest BCUT2D eigenvalue weighted by molar-refractivity contribution is -0.384. The minimum Gasteiger partial charge on any atom is -0.336 e. The molecule has 0 saturated heterocycles. The first-order chi connectivity index (χ1) is 10.0. The standard InChI is InChI=1S/C14H16BrClN2O3/c15-5-2-6-17(12-3-1-4-12)14(19)10-7-11(16)9-13(8-10)18(20)21/h7-9,12H,1-6H2. The molecule has 0 heterocycles. The van der Waals surface area contributed by atoms with E-state index in [0.29, 0.717) is 6.54 Å². The van der Waals surface area contributed by atoms with Gasteiger partial charge in [0.15, 0.2) is 0 Å². The number of non-ortho nitro benzene ring substituents is 1. The van der Waals surface area contributed by atoms with Crippen molar-refractivity contribution in [1.82, 2.24) is 4.90 Å². The van der Waals surface area contributed by atoms with Crippen LogP contribution < -0.4 is 0 Å². The summed E-state index contributed by atoms with van der Waals surface area (Å²) in [5.41, 5.74) is 0.135. The first-order valence-corrected chi connectivity index (χ1v) is 8.35. The van der Waals surface area contributed by atoms with Crippen molar-refractivity contribution in [2.24, 2.45) is 0 Å². The molecule has 1 aliphatic carbocycles. The highest BCUT2D eigenvalue weighted by Crippen LogP contribution is 2.28. The third kappa shape index (κ3) is 3.95. The van der Waals surface area contributed by atoms with E-state index in [4.69, 9.17) is 11.6 Å². The van der Waals surface area contributed by atoms with E-state index in [-0.39, 0.29) is 28.2 Å². The van der Waals surface area contributed by atoms with Crippen molar-refractivity contribution < 1.29 is 9.72 Å². The molecule has 0 aliphatic heterocycles. The predicted molar refractivity (Wildman–Crippen MR) is 85.2 cm³/mol. The van der Waals surface area contributed by atoms with E-state index in [9.17, 15) is 14.9 Å². The van der Waals surface area contributed by atoms with Crippen molar-refractivity contribution in [1.29, 1.82) is 0 Å². The maximum atomic E-state index is 12.6. The SMILES string of the molecule is O=C(c1cc(Cl)cc([N+](=O)[O-])c1)N(CCCBr)C1CCC1. The molecule has 21 heavy (non-hydrogen) atoms.